The average molecular weight is 140 g/mol. The highest BCUT2D eigenvalue weighted by molar-refractivity contribution is 5.25. The third-order valence-electron chi connectivity index (χ3n) is 2.90. The molecule has 0 amide bonds. The Bertz CT molecular complexity index is 176. The highest BCUT2D eigenvalue weighted by Crippen LogP contribution is 2.57. The molecule has 0 bridgehead atoms. The topological polar surface area (TPSA) is 29.5 Å². The number of hydrogen-bond donors (Lipinski definition) is 1. The van der Waals surface area contributed by atoms with E-state index in [0.29, 0.717) is 5.92 Å². The van der Waals surface area contributed by atoms with Gasteiger partial charge in [-0.25, -0.2) is 0 Å². The summed E-state index contributed by atoms with van der Waals surface area (Å²) in [6.45, 7) is 0. The lowest BCUT2D eigenvalue weighted by Crippen LogP contribution is -2.52. The molecule has 2 aliphatic carbocycles. The van der Waals surface area contributed by atoms with Crippen molar-refractivity contribution in [2.75, 3.05) is 7.11 Å². The minimum absolute atomic E-state index is 0.0226. The van der Waals surface area contributed by atoms with Crippen molar-refractivity contribution in [1.82, 2.24) is 0 Å². The van der Waals surface area contributed by atoms with Crippen molar-refractivity contribution in [2.24, 2.45) is 11.3 Å². The third kappa shape index (κ3) is 0.516. The summed E-state index contributed by atoms with van der Waals surface area (Å²) in [5.74, 6) is 0.599. The van der Waals surface area contributed by atoms with E-state index in [4.69, 9.17) is 4.74 Å². The van der Waals surface area contributed by atoms with Crippen molar-refractivity contribution in [1.29, 1.82) is 0 Å². The van der Waals surface area contributed by atoms with E-state index in [1.165, 1.54) is 6.42 Å². The van der Waals surface area contributed by atoms with Crippen LogP contribution in [0.1, 0.15) is 12.8 Å². The molecule has 0 radical (unpaired) electrons. The van der Waals surface area contributed by atoms with Crippen LogP contribution in [0.4, 0.5) is 0 Å². The largest absolute Gasteiger partial charge is 0.367 e. The molecule has 1 saturated carbocycles. The van der Waals surface area contributed by atoms with Gasteiger partial charge >= 0.3 is 0 Å². The van der Waals surface area contributed by atoms with Gasteiger partial charge in [0.2, 0.25) is 0 Å². The average Bonchev–Trinajstić information content (AvgIpc) is 1.95. The molecule has 0 aromatic heterocycles. The van der Waals surface area contributed by atoms with E-state index in [1.807, 2.05) is 0 Å². The van der Waals surface area contributed by atoms with Crippen LogP contribution >= 0.6 is 0 Å². The molecule has 56 valence electrons. The quantitative estimate of drug-likeness (QED) is 0.456. The van der Waals surface area contributed by atoms with Gasteiger partial charge in [0, 0.05) is 12.5 Å². The smallest absolute Gasteiger partial charge is 0.163 e. The summed E-state index contributed by atoms with van der Waals surface area (Å²) in [5.41, 5.74) is 0.0226. The van der Waals surface area contributed by atoms with E-state index in [-0.39, 0.29) is 5.41 Å². The maximum absolute atomic E-state index is 9.39. The van der Waals surface area contributed by atoms with E-state index >= 15 is 0 Å². The van der Waals surface area contributed by atoms with Crippen molar-refractivity contribution < 1.29 is 9.84 Å². The van der Waals surface area contributed by atoms with Gasteiger partial charge in [-0.15, -0.1) is 0 Å². The molecule has 2 unspecified atom stereocenters. The van der Waals surface area contributed by atoms with Gasteiger partial charge < -0.3 is 9.84 Å². The lowest BCUT2D eigenvalue weighted by atomic mass is 9.53. The molecule has 0 saturated heterocycles. The first-order valence-corrected chi connectivity index (χ1v) is 3.70. The normalized spacial score (nSPS) is 45.2. The Morgan fingerprint density at radius 3 is 2.70 bits per heavy atom. The molecule has 1 fully saturated rings. The van der Waals surface area contributed by atoms with Gasteiger partial charge in [0.1, 0.15) is 0 Å². The van der Waals surface area contributed by atoms with E-state index in [2.05, 4.69) is 12.2 Å². The van der Waals surface area contributed by atoms with Crippen molar-refractivity contribution in [2.45, 2.75) is 19.1 Å². The molecular formula is C8H12O2. The molecule has 1 N–H and O–H groups in total. The molecule has 0 spiro atoms. The zero-order chi connectivity index (χ0) is 7.19. The van der Waals surface area contributed by atoms with Crippen LogP contribution in [0.5, 0.6) is 0 Å². The van der Waals surface area contributed by atoms with Crippen molar-refractivity contribution >= 4 is 0 Å². The molecule has 2 aliphatic rings. The van der Waals surface area contributed by atoms with Crippen LogP contribution in [0, 0.1) is 11.3 Å². The first-order chi connectivity index (χ1) is 4.79. The summed E-state index contributed by atoms with van der Waals surface area (Å²) in [4.78, 5) is 0. The lowest BCUT2D eigenvalue weighted by Gasteiger charge is -2.54. The Hall–Kier alpha value is -0.340. The number of aliphatic hydroxyl groups excluding tert-OH is 1. The fraction of sp³-hybridized carbons (Fsp3) is 0.750. The van der Waals surface area contributed by atoms with Crippen molar-refractivity contribution in [3.05, 3.63) is 12.2 Å². The Labute approximate surface area is 60.5 Å². The first kappa shape index (κ1) is 6.38. The van der Waals surface area contributed by atoms with Crippen LogP contribution in [0.15, 0.2) is 12.2 Å². The van der Waals surface area contributed by atoms with Gasteiger partial charge in [0.15, 0.2) is 6.29 Å². The third-order valence-corrected chi connectivity index (χ3v) is 2.90. The molecule has 0 aliphatic heterocycles. The molecule has 2 heteroatoms. The molecule has 0 aromatic rings. The minimum atomic E-state index is -0.573. The summed E-state index contributed by atoms with van der Waals surface area (Å²) in [6, 6.07) is 0. The maximum atomic E-state index is 9.39. The number of hydrogen-bond acceptors (Lipinski definition) is 2. The van der Waals surface area contributed by atoms with Crippen molar-refractivity contribution in [3.63, 3.8) is 0 Å². The Balaban J connectivity index is 2.10. The Morgan fingerprint density at radius 2 is 2.60 bits per heavy atom. The second kappa shape index (κ2) is 1.83. The van der Waals surface area contributed by atoms with E-state index < -0.39 is 6.29 Å². The van der Waals surface area contributed by atoms with Gasteiger partial charge in [-0.1, -0.05) is 12.2 Å². The number of rotatable bonds is 2. The van der Waals surface area contributed by atoms with Gasteiger partial charge in [-0.3, -0.25) is 0 Å². The maximum Gasteiger partial charge on any atom is 0.163 e. The Kier molecular flexibility index (Phi) is 1.17. The van der Waals surface area contributed by atoms with Gasteiger partial charge in [0.25, 0.3) is 0 Å². The molecule has 0 heterocycles. The van der Waals surface area contributed by atoms with E-state index in [9.17, 15) is 5.11 Å². The van der Waals surface area contributed by atoms with Crippen LogP contribution in [-0.2, 0) is 4.74 Å². The highest BCUT2D eigenvalue weighted by Gasteiger charge is 2.54. The Morgan fingerprint density at radius 1 is 1.80 bits per heavy atom. The van der Waals surface area contributed by atoms with Gasteiger partial charge in [-0.05, 0) is 18.8 Å². The van der Waals surface area contributed by atoms with Crippen LogP contribution < -0.4 is 0 Å². The van der Waals surface area contributed by atoms with Gasteiger partial charge in [-0.2, -0.15) is 0 Å². The fourth-order valence-electron chi connectivity index (χ4n) is 1.91. The second-order valence-corrected chi connectivity index (χ2v) is 3.20. The highest BCUT2D eigenvalue weighted by atomic mass is 16.6. The number of ether oxygens (including phenoxy) is 1. The number of fused-ring (bicyclic) bond motifs is 1. The summed E-state index contributed by atoms with van der Waals surface area (Å²) >= 11 is 0. The van der Waals surface area contributed by atoms with Crippen LogP contribution in [0.25, 0.3) is 0 Å². The zero-order valence-electron chi connectivity index (χ0n) is 6.08. The SMILES string of the molecule is COC(O)[C@@]12C=CC1CC2. The zero-order valence-corrected chi connectivity index (χ0v) is 6.08. The first-order valence-electron chi connectivity index (χ1n) is 3.70. The molecular weight excluding hydrogens is 128 g/mol. The number of methoxy groups -OCH3 is 1. The van der Waals surface area contributed by atoms with E-state index in [0.717, 1.165) is 6.42 Å². The van der Waals surface area contributed by atoms with Crippen LogP contribution in [0.3, 0.4) is 0 Å². The van der Waals surface area contributed by atoms with E-state index in [1.54, 1.807) is 7.11 Å². The summed E-state index contributed by atoms with van der Waals surface area (Å²) in [6.07, 6.45) is 5.97. The monoisotopic (exact) mass is 140 g/mol. The molecule has 2 rings (SSSR count). The molecule has 2 nitrogen and oxygen atoms in total. The molecule has 3 atom stereocenters. The summed E-state index contributed by atoms with van der Waals surface area (Å²) < 4.78 is 4.88. The second-order valence-electron chi connectivity index (χ2n) is 3.20. The fourth-order valence-corrected chi connectivity index (χ4v) is 1.91. The number of aliphatic hydroxyl groups is 1. The van der Waals surface area contributed by atoms with Gasteiger partial charge in [0.05, 0.1) is 0 Å². The lowest BCUT2D eigenvalue weighted by molar-refractivity contribution is -0.191. The molecule has 0 aromatic carbocycles. The molecule has 10 heavy (non-hydrogen) atoms. The van der Waals surface area contributed by atoms with Crippen molar-refractivity contribution in [3.8, 4) is 0 Å². The van der Waals surface area contributed by atoms with Crippen LogP contribution in [0.2, 0.25) is 0 Å². The summed E-state index contributed by atoms with van der Waals surface area (Å²) in [7, 11) is 1.56. The van der Waals surface area contributed by atoms with Crippen LogP contribution in [-0.4, -0.2) is 18.5 Å². The number of allylic oxidation sites excluding steroid dienone is 1. The minimum Gasteiger partial charge on any atom is -0.367 e. The summed E-state index contributed by atoms with van der Waals surface area (Å²) in [5, 5.41) is 9.39. The predicted octanol–water partition coefficient (Wildman–Crippen LogP) is 0.917. The standard InChI is InChI=1S/C8H12O2/c1-10-7(9)8-4-2-6(8)3-5-8/h2,4,6-7,9H,3,5H2,1H3/t6?,7?,8-/m1/s1. The predicted molar refractivity (Wildman–Crippen MR) is 37.3 cm³/mol.